The maximum atomic E-state index is 12.3. The van der Waals surface area contributed by atoms with Gasteiger partial charge in [-0.1, -0.05) is 0 Å². The van der Waals surface area contributed by atoms with Crippen molar-refractivity contribution in [2.75, 3.05) is 6.54 Å². The summed E-state index contributed by atoms with van der Waals surface area (Å²) >= 11 is 0. The van der Waals surface area contributed by atoms with Crippen molar-refractivity contribution in [3.8, 4) is 0 Å². The fraction of sp³-hybridized carbons (Fsp3) is 0.545. The molecule has 2 aromatic rings. The van der Waals surface area contributed by atoms with Gasteiger partial charge in [0.1, 0.15) is 0 Å². The van der Waals surface area contributed by atoms with E-state index in [2.05, 4.69) is 4.98 Å². The van der Waals surface area contributed by atoms with Gasteiger partial charge in [-0.05, 0) is 13.8 Å². The summed E-state index contributed by atoms with van der Waals surface area (Å²) in [5, 5.41) is 0. The smallest absolute Gasteiger partial charge is 0.329 e. The summed E-state index contributed by atoms with van der Waals surface area (Å²) in [6, 6.07) is -0.0699. The van der Waals surface area contributed by atoms with Crippen LogP contribution >= 0.6 is 0 Å². The maximum Gasteiger partial charge on any atom is 0.333 e. The molecule has 0 bridgehead atoms. The third-order valence-electron chi connectivity index (χ3n) is 2.90. The van der Waals surface area contributed by atoms with E-state index in [1.807, 2.05) is 13.8 Å². The van der Waals surface area contributed by atoms with Crippen LogP contribution in [0.25, 0.3) is 11.2 Å². The van der Waals surface area contributed by atoms with Gasteiger partial charge in [0.05, 0.1) is 6.33 Å². The Morgan fingerprint density at radius 1 is 1.39 bits per heavy atom. The van der Waals surface area contributed by atoms with Gasteiger partial charge >= 0.3 is 5.69 Å². The largest absolute Gasteiger partial charge is 0.333 e. The predicted octanol–water partition coefficient (Wildman–Crippen LogP) is -0.564. The van der Waals surface area contributed by atoms with Crippen molar-refractivity contribution in [2.24, 2.45) is 12.8 Å². The van der Waals surface area contributed by atoms with Crippen LogP contribution < -0.4 is 17.0 Å². The molecule has 2 aromatic heterocycles. The quantitative estimate of drug-likeness (QED) is 0.791. The average molecular weight is 251 g/mol. The van der Waals surface area contributed by atoms with E-state index in [1.54, 1.807) is 11.6 Å². The van der Waals surface area contributed by atoms with Crippen LogP contribution in [0.4, 0.5) is 0 Å². The molecule has 0 aliphatic heterocycles. The minimum absolute atomic E-state index is 0.0699. The molecule has 0 spiro atoms. The summed E-state index contributed by atoms with van der Waals surface area (Å²) < 4.78 is 4.32. The third kappa shape index (κ3) is 1.67. The molecule has 0 aromatic carbocycles. The van der Waals surface area contributed by atoms with Crippen molar-refractivity contribution < 1.29 is 0 Å². The highest BCUT2D eigenvalue weighted by Gasteiger charge is 2.17. The van der Waals surface area contributed by atoms with Gasteiger partial charge in [-0.25, -0.2) is 9.78 Å². The van der Waals surface area contributed by atoms with Gasteiger partial charge in [0.2, 0.25) is 0 Å². The van der Waals surface area contributed by atoms with Crippen molar-refractivity contribution in [3.63, 3.8) is 0 Å². The van der Waals surface area contributed by atoms with Crippen LogP contribution in [-0.4, -0.2) is 25.2 Å². The lowest BCUT2D eigenvalue weighted by atomic mass is 10.3. The molecule has 0 saturated carbocycles. The summed E-state index contributed by atoms with van der Waals surface area (Å²) in [6.45, 7) is 4.22. The molecule has 2 N–H and O–H groups in total. The summed E-state index contributed by atoms with van der Waals surface area (Å²) in [5.74, 6) is 0. The lowest BCUT2D eigenvalue weighted by Crippen LogP contribution is -2.42. The van der Waals surface area contributed by atoms with E-state index in [9.17, 15) is 9.59 Å². The second-order valence-electron chi connectivity index (χ2n) is 4.52. The molecule has 0 saturated heterocycles. The molecule has 0 atom stereocenters. The van der Waals surface area contributed by atoms with Crippen LogP contribution in [0.5, 0.6) is 0 Å². The van der Waals surface area contributed by atoms with Gasteiger partial charge in [0, 0.05) is 26.2 Å². The first kappa shape index (κ1) is 12.6. The monoisotopic (exact) mass is 251 g/mol. The highest BCUT2D eigenvalue weighted by atomic mass is 16.2. The zero-order valence-corrected chi connectivity index (χ0v) is 10.8. The third-order valence-corrected chi connectivity index (χ3v) is 2.90. The van der Waals surface area contributed by atoms with Gasteiger partial charge < -0.3 is 10.3 Å². The van der Waals surface area contributed by atoms with Crippen LogP contribution in [0, 0.1) is 0 Å². The number of aromatic nitrogens is 4. The minimum atomic E-state index is -0.355. The van der Waals surface area contributed by atoms with Gasteiger partial charge in [0.25, 0.3) is 5.56 Å². The Hall–Kier alpha value is -1.89. The first-order chi connectivity index (χ1) is 8.49. The molecule has 0 aliphatic carbocycles. The van der Waals surface area contributed by atoms with Crippen molar-refractivity contribution in [3.05, 3.63) is 27.2 Å². The first-order valence-electron chi connectivity index (χ1n) is 5.85. The van der Waals surface area contributed by atoms with Crippen molar-refractivity contribution >= 4 is 11.2 Å². The maximum absolute atomic E-state index is 12.3. The zero-order chi connectivity index (χ0) is 13.4. The summed E-state index contributed by atoms with van der Waals surface area (Å²) in [4.78, 5) is 28.6. The molecule has 2 rings (SSSR count). The van der Waals surface area contributed by atoms with Crippen LogP contribution in [0.2, 0.25) is 0 Å². The minimum Gasteiger partial charge on any atom is -0.329 e. The molecule has 2 heterocycles. The van der Waals surface area contributed by atoms with E-state index in [0.29, 0.717) is 11.2 Å². The first-order valence-corrected chi connectivity index (χ1v) is 5.85. The van der Waals surface area contributed by atoms with E-state index < -0.39 is 0 Å². The van der Waals surface area contributed by atoms with Crippen LogP contribution in [0.15, 0.2) is 15.9 Å². The fourth-order valence-corrected chi connectivity index (χ4v) is 2.07. The van der Waals surface area contributed by atoms with Crippen molar-refractivity contribution in [1.82, 2.24) is 18.7 Å². The average Bonchev–Trinajstić information content (AvgIpc) is 2.66. The highest BCUT2D eigenvalue weighted by molar-refractivity contribution is 5.70. The molecule has 0 fully saturated rings. The molecule has 0 radical (unpaired) electrons. The molecule has 0 unspecified atom stereocenters. The van der Waals surface area contributed by atoms with Gasteiger partial charge in [-0.3, -0.25) is 13.9 Å². The van der Waals surface area contributed by atoms with Gasteiger partial charge in [-0.2, -0.15) is 0 Å². The van der Waals surface area contributed by atoms with E-state index >= 15 is 0 Å². The molecule has 7 heteroatoms. The van der Waals surface area contributed by atoms with E-state index in [-0.39, 0.29) is 30.4 Å². The second-order valence-corrected chi connectivity index (χ2v) is 4.52. The Morgan fingerprint density at radius 2 is 2.06 bits per heavy atom. The van der Waals surface area contributed by atoms with Crippen LogP contribution in [-0.2, 0) is 13.6 Å². The Labute approximate surface area is 103 Å². The molecule has 98 valence electrons. The Morgan fingerprint density at radius 3 is 2.61 bits per heavy atom. The molecule has 0 amide bonds. The zero-order valence-electron chi connectivity index (χ0n) is 10.8. The predicted molar refractivity (Wildman–Crippen MR) is 68.7 cm³/mol. The topological polar surface area (TPSA) is 87.8 Å². The van der Waals surface area contributed by atoms with E-state index in [1.165, 1.54) is 15.5 Å². The number of fused-ring (bicyclic) bond motifs is 1. The molecule has 0 aliphatic rings. The Bertz CT molecular complexity index is 692. The van der Waals surface area contributed by atoms with Crippen molar-refractivity contribution in [2.45, 2.75) is 26.4 Å². The summed E-state index contributed by atoms with van der Waals surface area (Å²) in [7, 11) is 1.73. The fourth-order valence-electron chi connectivity index (χ4n) is 2.07. The second kappa shape index (κ2) is 4.41. The van der Waals surface area contributed by atoms with Crippen LogP contribution in [0.3, 0.4) is 0 Å². The number of rotatable bonds is 3. The van der Waals surface area contributed by atoms with Gasteiger partial charge in [0.15, 0.2) is 11.2 Å². The number of aryl methyl sites for hydroxylation is 1. The van der Waals surface area contributed by atoms with E-state index in [0.717, 1.165) is 0 Å². The summed E-state index contributed by atoms with van der Waals surface area (Å²) in [5.41, 5.74) is 5.62. The lowest BCUT2D eigenvalue weighted by Gasteiger charge is -2.13. The molecular weight excluding hydrogens is 234 g/mol. The molecule has 7 nitrogen and oxygen atoms in total. The number of nitrogens with zero attached hydrogens (tertiary/aromatic N) is 4. The van der Waals surface area contributed by atoms with E-state index in [4.69, 9.17) is 5.73 Å². The summed E-state index contributed by atoms with van der Waals surface area (Å²) in [6.07, 6.45) is 1.54. The van der Waals surface area contributed by atoms with Gasteiger partial charge in [-0.15, -0.1) is 0 Å². The number of nitrogens with two attached hydrogens (primary N) is 1. The van der Waals surface area contributed by atoms with Crippen molar-refractivity contribution in [1.29, 1.82) is 0 Å². The number of imidazole rings is 1. The number of hydrogen-bond acceptors (Lipinski definition) is 4. The lowest BCUT2D eigenvalue weighted by molar-refractivity contribution is 0.525. The number of hydrogen-bond donors (Lipinski definition) is 1. The Balaban J connectivity index is 2.99. The normalized spacial score (nSPS) is 11.6. The molecular formula is C11H17N5O2. The Kier molecular flexibility index (Phi) is 3.08. The SMILES string of the molecule is CC(C)n1c(=O)n(CCN)c(=O)c2c1ncn2C. The molecule has 18 heavy (non-hydrogen) atoms. The highest BCUT2D eigenvalue weighted by Crippen LogP contribution is 2.09. The standard InChI is InChI=1S/C11H17N5O2/c1-7(2)16-9-8(14(3)6-13-9)10(17)15(5-4-12)11(16)18/h6-7H,4-5,12H2,1-3H3. The van der Waals surface area contributed by atoms with Crippen LogP contribution in [0.1, 0.15) is 19.9 Å².